The Hall–Kier alpha value is -1.51. The molecule has 18 heavy (non-hydrogen) atoms. The van der Waals surface area contributed by atoms with Gasteiger partial charge in [0.1, 0.15) is 0 Å². The van der Waals surface area contributed by atoms with Gasteiger partial charge in [0.15, 0.2) is 0 Å². The molecule has 1 unspecified atom stereocenters. The minimum absolute atomic E-state index is 0.342. The number of carboxylic acid groups (broad SMARTS) is 1. The van der Waals surface area contributed by atoms with E-state index in [-0.39, 0.29) is 0 Å². The number of carbonyl (C=O) groups is 1. The van der Waals surface area contributed by atoms with E-state index in [9.17, 15) is 4.79 Å². The van der Waals surface area contributed by atoms with Crippen LogP contribution >= 0.6 is 0 Å². The summed E-state index contributed by atoms with van der Waals surface area (Å²) in [5, 5.41) is 12.4. The molecule has 3 nitrogen and oxygen atoms in total. The molecule has 0 spiro atoms. The molecule has 1 saturated carbocycles. The van der Waals surface area contributed by atoms with Gasteiger partial charge in [-0.2, -0.15) is 0 Å². The van der Waals surface area contributed by atoms with Crippen LogP contribution in [0.25, 0.3) is 0 Å². The molecule has 1 aromatic rings. The Kier molecular flexibility index (Phi) is 4.24. The van der Waals surface area contributed by atoms with E-state index in [0.717, 1.165) is 18.0 Å². The molecule has 2 rings (SSSR count). The first-order valence-corrected chi connectivity index (χ1v) is 6.80. The molecule has 0 heterocycles. The number of hydrogen-bond donors (Lipinski definition) is 2. The third-order valence-corrected chi connectivity index (χ3v) is 3.89. The minimum Gasteiger partial charge on any atom is -0.478 e. The number of nitrogens with one attached hydrogen (secondary N) is 1. The monoisotopic (exact) mass is 247 g/mol. The van der Waals surface area contributed by atoms with E-state index in [1.807, 2.05) is 12.1 Å². The average Bonchev–Trinajstić information content (AvgIpc) is 2.90. The molecule has 0 radical (unpaired) electrons. The van der Waals surface area contributed by atoms with Gasteiger partial charge in [0, 0.05) is 11.7 Å². The molecule has 0 bridgehead atoms. The number of carboxylic acids is 1. The smallest absolute Gasteiger partial charge is 0.335 e. The fraction of sp³-hybridized carbons (Fsp3) is 0.533. The van der Waals surface area contributed by atoms with Crippen LogP contribution in [0.3, 0.4) is 0 Å². The Morgan fingerprint density at radius 3 is 2.44 bits per heavy atom. The lowest BCUT2D eigenvalue weighted by Gasteiger charge is -2.24. The molecule has 0 aromatic heterocycles. The van der Waals surface area contributed by atoms with Crippen molar-refractivity contribution in [2.45, 2.75) is 45.1 Å². The maximum absolute atomic E-state index is 10.8. The molecular weight excluding hydrogens is 226 g/mol. The standard InChI is InChI=1S/C15H21NO2/c1-2-14(11-5-3-4-6-11)16-13-9-7-12(8-10-13)15(17)18/h7-11,14,16H,2-6H2,1H3,(H,17,18). The normalized spacial score (nSPS) is 17.6. The summed E-state index contributed by atoms with van der Waals surface area (Å²) in [4.78, 5) is 10.8. The maximum atomic E-state index is 10.8. The number of hydrogen-bond acceptors (Lipinski definition) is 2. The third-order valence-electron chi connectivity index (χ3n) is 3.89. The summed E-state index contributed by atoms with van der Waals surface area (Å²) in [5.74, 6) is -0.0986. The Bertz CT molecular complexity index is 393. The van der Waals surface area contributed by atoms with Gasteiger partial charge in [-0.1, -0.05) is 19.8 Å². The van der Waals surface area contributed by atoms with E-state index in [2.05, 4.69) is 12.2 Å². The molecule has 1 aliphatic carbocycles. The molecular formula is C15H21NO2. The van der Waals surface area contributed by atoms with Crippen LogP contribution in [0.15, 0.2) is 24.3 Å². The summed E-state index contributed by atoms with van der Waals surface area (Å²) >= 11 is 0. The van der Waals surface area contributed by atoms with Crippen molar-refractivity contribution in [1.82, 2.24) is 0 Å². The average molecular weight is 247 g/mol. The highest BCUT2D eigenvalue weighted by molar-refractivity contribution is 5.87. The third kappa shape index (κ3) is 3.03. The molecule has 0 amide bonds. The topological polar surface area (TPSA) is 49.3 Å². The van der Waals surface area contributed by atoms with Gasteiger partial charge in [-0.3, -0.25) is 0 Å². The first-order chi connectivity index (χ1) is 8.70. The van der Waals surface area contributed by atoms with Gasteiger partial charge < -0.3 is 10.4 Å². The first kappa shape index (κ1) is 12.9. The van der Waals surface area contributed by atoms with E-state index < -0.39 is 5.97 Å². The van der Waals surface area contributed by atoms with Gasteiger partial charge in [0.2, 0.25) is 0 Å². The molecule has 1 aromatic carbocycles. The van der Waals surface area contributed by atoms with E-state index in [0.29, 0.717) is 11.6 Å². The van der Waals surface area contributed by atoms with Crippen molar-refractivity contribution in [3.63, 3.8) is 0 Å². The highest BCUT2D eigenvalue weighted by atomic mass is 16.4. The van der Waals surface area contributed by atoms with Crippen LogP contribution in [0.1, 0.15) is 49.4 Å². The summed E-state index contributed by atoms with van der Waals surface area (Å²) in [5.41, 5.74) is 1.37. The van der Waals surface area contributed by atoms with Gasteiger partial charge in [0.25, 0.3) is 0 Å². The molecule has 0 saturated heterocycles. The van der Waals surface area contributed by atoms with Crippen molar-refractivity contribution >= 4 is 11.7 Å². The first-order valence-electron chi connectivity index (χ1n) is 6.80. The van der Waals surface area contributed by atoms with Crippen LogP contribution in [-0.2, 0) is 0 Å². The fourth-order valence-corrected chi connectivity index (χ4v) is 2.84. The maximum Gasteiger partial charge on any atom is 0.335 e. The van der Waals surface area contributed by atoms with Crippen molar-refractivity contribution in [1.29, 1.82) is 0 Å². The Balaban J connectivity index is 2.00. The Morgan fingerprint density at radius 2 is 1.94 bits per heavy atom. The number of aromatic carboxylic acids is 1. The van der Waals surface area contributed by atoms with E-state index in [1.165, 1.54) is 25.7 Å². The molecule has 2 N–H and O–H groups in total. The predicted molar refractivity (Wildman–Crippen MR) is 73.1 cm³/mol. The van der Waals surface area contributed by atoms with Gasteiger partial charge in [0.05, 0.1) is 5.56 Å². The van der Waals surface area contributed by atoms with Gasteiger partial charge in [-0.05, 0) is 49.4 Å². The molecule has 1 fully saturated rings. The van der Waals surface area contributed by atoms with Crippen molar-refractivity contribution in [3.05, 3.63) is 29.8 Å². The molecule has 98 valence electrons. The zero-order valence-corrected chi connectivity index (χ0v) is 10.9. The van der Waals surface area contributed by atoms with Gasteiger partial charge in [-0.15, -0.1) is 0 Å². The van der Waals surface area contributed by atoms with E-state index >= 15 is 0 Å². The lowest BCUT2D eigenvalue weighted by Crippen LogP contribution is -2.26. The van der Waals surface area contributed by atoms with Crippen LogP contribution in [0.5, 0.6) is 0 Å². The van der Waals surface area contributed by atoms with Gasteiger partial charge >= 0.3 is 5.97 Å². The Morgan fingerprint density at radius 1 is 1.33 bits per heavy atom. The van der Waals surface area contributed by atoms with Crippen LogP contribution in [0, 0.1) is 5.92 Å². The minimum atomic E-state index is -0.871. The zero-order valence-electron chi connectivity index (χ0n) is 10.9. The summed E-state index contributed by atoms with van der Waals surface area (Å²) < 4.78 is 0. The Labute approximate surface area is 108 Å². The van der Waals surface area contributed by atoms with Crippen LogP contribution in [0.4, 0.5) is 5.69 Å². The lowest BCUT2D eigenvalue weighted by atomic mass is 9.95. The highest BCUT2D eigenvalue weighted by Gasteiger charge is 2.23. The molecule has 1 atom stereocenters. The second-order valence-electron chi connectivity index (χ2n) is 5.09. The van der Waals surface area contributed by atoms with Crippen molar-refractivity contribution in [2.75, 3.05) is 5.32 Å². The van der Waals surface area contributed by atoms with Crippen molar-refractivity contribution in [2.24, 2.45) is 5.92 Å². The van der Waals surface area contributed by atoms with E-state index in [1.54, 1.807) is 12.1 Å². The summed E-state index contributed by atoms with van der Waals surface area (Å²) in [6, 6.07) is 7.56. The number of anilines is 1. The van der Waals surface area contributed by atoms with Crippen LogP contribution < -0.4 is 5.32 Å². The number of benzene rings is 1. The second-order valence-corrected chi connectivity index (χ2v) is 5.09. The van der Waals surface area contributed by atoms with Gasteiger partial charge in [-0.25, -0.2) is 4.79 Å². The van der Waals surface area contributed by atoms with Crippen LogP contribution in [-0.4, -0.2) is 17.1 Å². The number of rotatable bonds is 5. The summed E-state index contributed by atoms with van der Waals surface area (Å²) in [6.07, 6.45) is 6.45. The van der Waals surface area contributed by atoms with E-state index in [4.69, 9.17) is 5.11 Å². The summed E-state index contributed by atoms with van der Waals surface area (Å²) in [6.45, 7) is 2.21. The highest BCUT2D eigenvalue weighted by Crippen LogP contribution is 2.30. The molecule has 0 aliphatic heterocycles. The molecule has 3 heteroatoms. The largest absolute Gasteiger partial charge is 0.478 e. The van der Waals surface area contributed by atoms with Crippen molar-refractivity contribution in [3.8, 4) is 0 Å². The summed E-state index contributed by atoms with van der Waals surface area (Å²) in [7, 11) is 0. The zero-order chi connectivity index (χ0) is 13.0. The molecule has 1 aliphatic rings. The quantitative estimate of drug-likeness (QED) is 0.832. The van der Waals surface area contributed by atoms with Crippen LogP contribution in [0.2, 0.25) is 0 Å². The SMILES string of the molecule is CCC(Nc1ccc(C(=O)O)cc1)C1CCCC1. The lowest BCUT2D eigenvalue weighted by molar-refractivity contribution is 0.0697. The van der Waals surface area contributed by atoms with Crippen molar-refractivity contribution < 1.29 is 9.90 Å². The predicted octanol–water partition coefficient (Wildman–Crippen LogP) is 3.77. The fourth-order valence-electron chi connectivity index (χ4n) is 2.84. The second kappa shape index (κ2) is 5.89.